The van der Waals surface area contributed by atoms with E-state index in [0.717, 1.165) is 11.3 Å². The number of carbonyl (C=O) groups is 1. The van der Waals surface area contributed by atoms with E-state index >= 15 is 0 Å². The summed E-state index contributed by atoms with van der Waals surface area (Å²) in [6, 6.07) is 16.2. The lowest BCUT2D eigenvalue weighted by Crippen LogP contribution is -2.17. The molecule has 2 aromatic carbocycles. The van der Waals surface area contributed by atoms with Crippen LogP contribution in [0.4, 0.5) is 5.82 Å². The van der Waals surface area contributed by atoms with Crippen LogP contribution in [0.25, 0.3) is 27.4 Å². The van der Waals surface area contributed by atoms with E-state index in [0.29, 0.717) is 27.7 Å². The van der Waals surface area contributed by atoms with Crippen molar-refractivity contribution in [2.24, 2.45) is 0 Å². The molecule has 1 amide bonds. The molecular weight excluding hydrogens is 424 g/mol. The summed E-state index contributed by atoms with van der Waals surface area (Å²) in [5.74, 6) is 0.501. The molecule has 5 rings (SSSR count). The van der Waals surface area contributed by atoms with Gasteiger partial charge in [-0.2, -0.15) is 0 Å². The van der Waals surface area contributed by atoms with Gasteiger partial charge in [-0.25, -0.2) is 9.97 Å². The summed E-state index contributed by atoms with van der Waals surface area (Å²) >= 11 is 1.45. The number of hydrogen-bond acceptors (Lipinski definition) is 6. The highest BCUT2D eigenvalue weighted by atomic mass is 32.1. The van der Waals surface area contributed by atoms with Crippen molar-refractivity contribution in [3.05, 3.63) is 93.5 Å². The molecule has 0 spiro atoms. The minimum Gasteiger partial charge on any atom is -0.451 e. The molecule has 0 aliphatic rings. The van der Waals surface area contributed by atoms with Gasteiger partial charge in [0.05, 0.1) is 17.3 Å². The number of fused-ring (bicyclic) bond motifs is 1. The number of carbonyl (C=O) groups excluding carboxylic acids is 1. The van der Waals surface area contributed by atoms with E-state index < -0.39 is 5.91 Å². The Kier molecular flexibility index (Phi) is 4.91. The Morgan fingerprint density at radius 3 is 2.69 bits per heavy atom. The normalized spacial score (nSPS) is 11.1. The van der Waals surface area contributed by atoms with Crippen LogP contribution in [0, 0.1) is 13.8 Å². The Balaban J connectivity index is 1.47. The fourth-order valence-corrected chi connectivity index (χ4v) is 4.28. The van der Waals surface area contributed by atoms with Crippen LogP contribution < -0.4 is 10.7 Å². The quantitative estimate of drug-likeness (QED) is 0.424. The summed E-state index contributed by atoms with van der Waals surface area (Å²) in [5.41, 5.74) is 3.12. The number of amides is 1. The molecule has 0 radical (unpaired) electrons. The standard InChI is InChI=1S/C24H18N4O3S/c1-14-7-9-16(10-8-14)18-13-32-24(26-18)28-15(2)25-12-22(28)27-23(30)21-11-19(29)17-5-3-4-6-20(17)31-21/h3-13H,1-2H3,(H,27,30). The number of hydrogen-bond donors (Lipinski definition) is 1. The molecule has 8 heteroatoms. The lowest BCUT2D eigenvalue weighted by molar-refractivity contribution is 0.0996. The smallest absolute Gasteiger partial charge is 0.292 e. The number of imidazole rings is 1. The van der Waals surface area contributed by atoms with Gasteiger partial charge in [0.2, 0.25) is 0 Å². The van der Waals surface area contributed by atoms with Gasteiger partial charge in [0.1, 0.15) is 17.2 Å². The van der Waals surface area contributed by atoms with Crippen molar-refractivity contribution in [1.82, 2.24) is 14.5 Å². The molecule has 0 saturated carbocycles. The van der Waals surface area contributed by atoms with E-state index in [2.05, 4.69) is 10.3 Å². The number of aryl methyl sites for hydroxylation is 2. The first-order valence-corrected chi connectivity index (χ1v) is 10.8. The van der Waals surface area contributed by atoms with Crippen molar-refractivity contribution in [1.29, 1.82) is 0 Å². The molecule has 0 bridgehead atoms. The Morgan fingerprint density at radius 1 is 1.09 bits per heavy atom. The van der Waals surface area contributed by atoms with Crippen LogP contribution in [-0.4, -0.2) is 20.4 Å². The summed E-state index contributed by atoms with van der Waals surface area (Å²) in [6.07, 6.45) is 1.55. The topological polar surface area (TPSA) is 90.0 Å². The van der Waals surface area contributed by atoms with Gasteiger partial charge >= 0.3 is 0 Å². The minimum atomic E-state index is -0.538. The lowest BCUT2D eigenvalue weighted by atomic mass is 10.1. The number of aromatic nitrogens is 3. The fraction of sp³-hybridized carbons (Fsp3) is 0.0833. The number of anilines is 1. The Bertz CT molecular complexity index is 1510. The zero-order valence-electron chi connectivity index (χ0n) is 17.3. The maximum atomic E-state index is 12.9. The molecule has 0 unspecified atom stereocenters. The SMILES string of the molecule is Cc1ccc(-c2csc(-n3c(NC(=O)c4cc(=O)c5ccccc5o4)cnc3C)n2)cc1. The zero-order chi connectivity index (χ0) is 22.2. The largest absolute Gasteiger partial charge is 0.451 e. The summed E-state index contributed by atoms with van der Waals surface area (Å²) in [4.78, 5) is 34.3. The van der Waals surface area contributed by atoms with Crippen LogP contribution in [0.1, 0.15) is 21.9 Å². The molecule has 3 aromatic heterocycles. The van der Waals surface area contributed by atoms with Crippen LogP contribution in [0.3, 0.4) is 0 Å². The van der Waals surface area contributed by atoms with Crippen molar-refractivity contribution < 1.29 is 9.21 Å². The molecule has 32 heavy (non-hydrogen) atoms. The maximum Gasteiger partial charge on any atom is 0.292 e. The second kappa shape index (κ2) is 7.90. The third kappa shape index (κ3) is 3.61. The number of nitrogens with one attached hydrogen (secondary N) is 1. The van der Waals surface area contributed by atoms with Gasteiger partial charge in [0, 0.05) is 17.0 Å². The zero-order valence-corrected chi connectivity index (χ0v) is 18.1. The van der Waals surface area contributed by atoms with Crippen LogP contribution in [0.15, 0.2) is 75.4 Å². The first-order valence-electron chi connectivity index (χ1n) is 9.91. The Labute approximate surface area is 187 Å². The molecule has 5 aromatic rings. The highest BCUT2D eigenvalue weighted by Gasteiger charge is 2.18. The lowest BCUT2D eigenvalue weighted by Gasteiger charge is -2.08. The number of benzene rings is 2. The number of nitrogens with zero attached hydrogens (tertiary/aromatic N) is 3. The van der Waals surface area contributed by atoms with E-state index in [1.54, 1.807) is 35.0 Å². The number of thiazole rings is 1. The number of para-hydroxylation sites is 1. The predicted molar refractivity (Wildman–Crippen MR) is 125 cm³/mol. The number of rotatable bonds is 4. The van der Waals surface area contributed by atoms with Gasteiger partial charge in [-0.15, -0.1) is 11.3 Å². The maximum absolute atomic E-state index is 12.9. The van der Waals surface area contributed by atoms with Crippen molar-refractivity contribution >= 4 is 34.0 Å². The molecule has 7 nitrogen and oxygen atoms in total. The minimum absolute atomic E-state index is 0.0708. The third-order valence-corrected chi connectivity index (χ3v) is 5.89. The van der Waals surface area contributed by atoms with Gasteiger partial charge < -0.3 is 9.73 Å². The molecule has 0 aliphatic carbocycles. The van der Waals surface area contributed by atoms with E-state index in [9.17, 15) is 9.59 Å². The monoisotopic (exact) mass is 442 g/mol. The van der Waals surface area contributed by atoms with Crippen LogP contribution >= 0.6 is 11.3 Å². The average Bonchev–Trinajstić information content (AvgIpc) is 3.41. The Hall–Kier alpha value is -4.04. The Morgan fingerprint density at radius 2 is 1.88 bits per heavy atom. The van der Waals surface area contributed by atoms with E-state index in [1.807, 2.05) is 43.5 Å². The van der Waals surface area contributed by atoms with Crippen molar-refractivity contribution in [3.8, 4) is 16.4 Å². The van der Waals surface area contributed by atoms with Crippen LogP contribution in [0.2, 0.25) is 0 Å². The molecule has 1 N–H and O–H groups in total. The highest BCUT2D eigenvalue weighted by Crippen LogP contribution is 2.28. The molecule has 0 fully saturated rings. The summed E-state index contributed by atoms with van der Waals surface area (Å²) in [7, 11) is 0. The second-order valence-corrected chi connectivity index (χ2v) is 8.17. The van der Waals surface area contributed by atoms with Crippen LogP contribution in [0.5, 0.6) is 0 Å². The van der Waals surface area contributed by atoms with Gasteiger partial charge in [0.25, 0.3) is 5.91 Å². The van der Waals surface area contributed by atoms with E-state index in [1.165, 1.54) is 23.0 Å². The molecule has 3 heterocycles. The first kappa shape index (κ1) is 19.9. The molecule has 0 aliphatic heterocycles. The summed E-state index contributed by atoms with van der Waals surface area (Å²) in [6.45, 7) is 3.87. The van der Waals surface area contributed by atoms with Gasteiger partial charge in [-0.05, 0) is 26.0 Å². The van der Waals surface area contributed by atoms with Crippen molar-refractivity contribution in [2.75, 3.05) is 5.32 Å². The molecule has 0 atom stereocenters. The average molecular weight is 443 g/mol. The highest BCUT2D eigenvalue weighted by molar-refractivity contribution is 7.12. The summed E-state index contributed by atoms with van der Waals surface area (Å²) < 4.78 is 7.41. The van der Waals surface area contributed by atoms with Crippen LogP contribution in [-0.2, 0) is 0 Å². The van der Waals surface area contributed by atoms with Gasteiger partial charge in [0.15, 0.2) is 16.3 Å². The third-order valence-electron chi connectivity index (χ3n) is 5.07. The van der Waals surface area contributed by atoms with Gasteiger partial charge in [-0.1, -0.05) is 42.0 Å². The van der Waals surface area contributed by atoms with E-state index in [4.69, 9.17) is 9.40 Å². The van der Waals surface area contributed by atoms with Gasteiger partial charge in [-0.3, -0.25) is 14.2 Å². The molecule has 158 valence electrons. The first-order chi connectivity index (χ1) is 15.5. The second-order valence-electron chi connectivity index (χ2n) is 7.33. The summed E-state index contributed by atoms with van der Waals surface area (Å²) in [5, 5.41) is 5.86. The van der Waals surface area contributed by atoms with E-state index in [-0.39, 0.29) is 11.2 Å². The predicted octanol–water partition coefficient (Wildman–Crippen LogP) is 4.97. The van der Waals surface area contributed by atoms with Crippen molar-refractivity contribution in [3.63, 3.8) is 0 Å². The fourth-order valence-electron chi connectivity index (χ4n) is 3.39. The molecular formula is C24H18N4O3S. The molecule has 0 saturated heterocycles. The van der Waals surface area contributed by atoms with Crippen molar-refractivity contribution in [2.45, 2.75) is 13.8 Å².